The van der Waals surface area contributed by atoms with E-state index < -0.39 is 17.6 Å². The molecule has 4 atom stereocenters. The van der Waals surface area contributed by atoms with Crippen molar-refractivity contribution in [1.82, 2.24) is 24.8 Å². The van der Waals surface area contributed by atoms with Gasteiger partial charge in [-0.3, -0.25) is 9.80 Å². The summed E-state index contributed by atoms with van der Waals surface area (Å²) in [6, 6.07) is -0.0932. The predicted octanol–water partition coefficient (Wildman–Crippen LogP) is 4.92. The molecule has 2 bridgehead atoms. The second-order valence-corrected chi connectivity index (χ2v) is 13.0. The van der Waals surface area contributed by atoms with Gasteiger partial charge in [-0.1, -0.05) is 18.5 Å². The zero-order chi connectivity index (χ0) is 28.4. The van der Waals surface area contributed by atoms with Gasteiger partial charge < -0.3 is 14.4 Å². The molecule has 0 N–H and O–H groups in total. The van der Waals surface area contributed by atoms with Crippen LogP contribution in [0.2, 0.25) is 5.15 Å². The van der Waals surface area contributed by atoms with E-state index in [1.807, 2.05) is 32.6 Å². The summed E-state index contributed by atoms with van der Waals surface area (Å²) < 4.78 is 41.6. The van der Waals surface area contributed by atoms with E-state index in [2.05, 4.69) is 19.8 Å². The number of halogens is 3. The summed E-state index contributed by atoms with van der Waals surface area (Å²) >= 11 is 6.19. The lowest BCUT2D eigenvalue weighted by Gasteiger charge is -2.42. The largest absolute Gasteiger partial charge is 0.461 e. The Morgan fingerprint density at radius 2 is 1.88 bits per heavy atom. The molecule has 6 rings (SSSR count). The molecule has 4 aliphatic rings. The van der Waals surface area contributed by atoms with Crippen LogP contribution >= 0.6 is 11.6 Å². The Hall–Kier alpha value is -2.53. The van der Waals surface area contributed by atoms with E-state index in [0.717, 1.165) is 32.2 Å². The number of nitrogens with zero attached hydrogens (tertiary/aromatic N) is 6. The average Bonchev–Trinajstić information content (AvgIpc) is 3.50. The number of piperazine rings is 1. The lowest BCUT2D eigenvalue weighted by Crippen LogP contribution is -2.57. The van der Waals surface area contributed by atoms with E-state index in [1.165, 1.54) is 0 Å². The monoisotopic (exact) mass is 578 g/mol. The molecule has 6 heterocycles. The van der Waals surface area contributed by atoms with Crippen LogP contribution in [0, 0.1) is 5.82 Å². The number of alkyl halides is 1. The van der Waals surface area contributed by atoms with Gasteiger partial charge in [0.15, 0.2) is 11.0 Å². The maximum absolute atomic E-state index is 15.5. The van der Waals surface area contributed by atoms with Crippen molar-refractivity contribution in [2.24, 2.45) is 0 Å². The van der Waals surface area contributed by atoms with Crippen LogP contribution in [0.4, 0.5) is 19.4 Å². The molecule has 2 aromatic heterocycles. The van der Waals surface area contributed by atoms with E-state index in [1.54, 1.807) is 0 Å². The number of carbonyl (C=O) groups is 1. The highest BCUT2D eigenvalue weighted by Gasteiger charge is 2.50. The van der Waals surface area contributed by atoms with E-state index in [0.29, 0.717) is 49.4 Å². The number of ether oxygens (including phenoxy) is 2. The second-order valence-electron chi connectivity index (χ2n) is 12.6. The fourth-order valence-electron chi connectivity index (χ4n) is 7.06. The number of hydrogen-bond donors (Lipinski definition) is 0. The van der Waals surface area contributed by atoms with Crippen molar-refractivity contribution >= 4 is 34.4 Å². The van der Waals surface area contributed by atoms with Crippen molar-refractivity contribution in [3.05, 3.63) is 16.7 Å². The van der Waals surface area contributed by atoms with Crippen molar-refractivity contribution < 1.29 is 23.0 Å². The minimum Gasteiger partial charge on any atom is -0.461 e. The Labute approximate surface area is 238 Å². The first-order valence-electron chi connectivity index (χ1n) is 14.3. The Morgan fingerprint density at radius 1 is 1.15 bits per heavy atom. The number of hydrogen-bond acceptors (Lipinski definition) is 8. The number of aryl methyl sites for hydroxylation is 1. The molecule has 4 saturated heterocycles. The van der Waals surface area contributed by atoms with Gasteiger partial charge in [0.2, 0.25) is 0 Å². The zero-order valence-electron chi connectivity index (χ0n) is 23.6. The fraction of sp³-hybridized carbons (Fsp3) is 0.714. The lowest BCUT2D eigenvalue weighted by molar-refractivity contribution is 0.0122. The molecule has 2 aromatic rings. The smallest absolute Gasteiger partial charge is 0.410 e. The van der Waals surface area contributed by atoms with E-state index in [9.17, 15) is 9.18 Å². The van der Waals surface area contributed by atoms with Crippen LogP contribution in [0.15, 0.2) is 0 Å². The first kappa shape index (κ1) is 27.6. The number of rotatable bonds is 5. The fourth-order valence-corrected chi connectivity index (χ4v) is 7.25. The highest BCUT2D eigenvalue weighted by atomic mass is 35.5. The number of carbonyl (C=O) groups excluding carboxylic acids is 1. The van der Waals surface area contributed by atoms with Crippen LogP contribution in [0.1, 0.15) is 65.5 Å². The SMILES string of the molecule is CCc1nc(Cl)c(F)c2nc(OC[C@@]34CCCN3C[C@H](F)C4)nc(N3C[C@H]4CC[C@@H](C3)N4C(=O)OC(C)(C)C)c12. The normalized spacial score (nSPS) is 28.4. The number of aromatic nitrogens is 3. The highest BCUT2D eigenvalue weighted by molar-refractivity contribution is 6.30. The summed E-state index contributed by atoms with van der Waals surface area (Å²) in [6.07, 6.45) is 3.23. The molecule has 218 valence electrons. The van der Waals surface area contributed by atoms with Crippen molar-refractivity contribution in [1.29, 1.82) is 0 Å². The predicted molar refractivity (Wildman–Crippen MR) is 147 cm³/mol. The summed E-state index contributed by atoms with van der Waals surface area (Å²) in [5.74, 6) is -0.195. The molecule has 4 fully saturated rings. The molecular weight excluding hydrogens is 542 g/mol. The number of anilines is 1. The van der Waals surface area contributed by atoms with Crippen LogP contribution in [0.5, 0.6) is 6.01 Å². The van der Waals surface area contributed by atoms with Gasteiger partial charge in [0, 0.05) is 26.1 Å². The van der Waals surface area contributed by atoms with Crippen LogP contribution in [0.25, 0.3) is 10.9 Å². The molecule has 0 radical (unpaired) electrons. The highest BCUT2D eigenvalue weighted by Crippen LogP contribution is 2.41. The van der Waals surface area contributed by atoms with Gasteiger partial charge >= 0.3 is 12.1 Å². The van der Waals surface area contributed by atoms with Gasteiger partial charge in [0.25, 0.3) is 0 Å². The molecule has 1 amide bonds. The quantitative estimate of drug-likeness (QED) is 0.462. The molecular formula is C28H37ClF2N6O3. The summed E-state index contributed by atoms with van der Waals surface area (Å²) in [6.45, 7) is 10.0. The van der Waals surface area contributed by atoms with E-state index >= 15 is 4.39 Å². The number of amides is 1. The van der Waals surface area contributed by atoms with Gasteiger partial charge in [0.05, 0.1) is 28.7 Å². The Kier molecular flexibility index (Phi) is 6.96. The molecule has 4 aliphatic heterocycles. The summed E-state index contributed by atoms with van der Waals surface area (Å²) in [4.78, 5) is 32.7. The maximum atomic E-state index is 15.5. The standard InChI is InChI=1S/C28H37ClF2N6O3/c1-5-19-20-22(21(31)23(29)32-19)33-25(39-15-28-9-6-10-36(28)12-16(30)11-28)34-24(20)35-13-17-7-8-18(14-35)37(17)26(38)40-27(2,3)4/h16-18H,5-15H2,1-4H3/t16-,17-,18+,28+/m1/s1. The molecule has 9 nitrogen and oxygen atoms in total. The summed E-state index contributed by atoms with van der Waals surface area (Å²) in [5, 5.41) is 0.263. The molecule has 0 saturated carbocycles. The van der Waals surface area contributed by atoms with Gasteiger partial charge in [-0.15, -0.1) is 0 Å². The average molecular weight is 579 g/mol. The van der Waals surface area contributed by atoms with Gasteiger partial charge in [-0.05, 0) is 59.4 Å². The zero-order valence-corrected chi connectivity index (χ0v) is 24.3. The Morgan fingerprint density at radius 3 is 2.55 bits per heavy atom. The Bertz CT molecular complexity index is 1310. The maximum Gasteiger partial charge on any atom is 0.410 e. The lowest BCUT2D eigenvalue weighted by atomic mass is 9.95. The van der Waals surface area contributed by atoms with Crippen molar-refractivity contribution in [3.63, 3.8) is 0 Å². The van der Waals surface area contributed by atoms with Crippen molar-refractivity contribution in [2.75, 3.05) is 37.7 Å². The first-order valence-corrected chi connectivity index (χ1v) is 14.7. The summed E-state index contributed by atoms with van der Waals surface area (Å²) in [5.41, 5.74) is -0.313. The Balaban J connectivity index is 1.35. The van der Waals surface area contributed by atoms with Gasteiger partial charge in [-0.25, -0.2) is 18.6 Å². The third-order valence-corrected chi connectivity index (χ3v) is 8.98. The third-order valence-electron chi connectivity index (χ3n) is 8.73. The second kappa shape index (κ2) is 10.1. The van der Waals surface area contributed by atoms with Crippen LogP contribution in [-0.4, -0.2) is 93.0 Å². The molecule has 40 heavy (non-hydrogen) atoms. The van der Waals surface area contributed by atoms with E-state index in [4.69, 9.17) is 26.1 Å². The molecule has 0 unspecified atom stereocenters. The minimum atomic E-state index is -0.886. The van der Waals surface area contributed by atoms with Crippen molar-refractivity contribution in [3.8, 4) is 6.01 Å². The van der Waals surface area contributed by atoms with Crippen LogP contribution < -0.4 is 9.64 Å². The van der Waals surface area contributed by atoms with Crippen LogP contribution in [-0.2, 0) is 11.2 Å². The molecule has 0 aliphatic carbocycles. The van der Waals surface area contributed by atoms with Crippen LogP contribution in [0.3, 0.4) is 0 Å². The van der Waals surface area contributed by atoms with Gasteiger partial charge in [0.1, 0.15) is 29.7 Å². The molecule has 12 heteroatoms. The third kappa shape index (κ3) is 4.82. The summed E-state index contributed by atoms with van der Waals surface area (Å²) in [7, 11) is 0. The number of fused-ring (bicyclic) bond motifs is 4. The van der Waals surface area contributed by atoms with Gasteiger partial charge in [-0.2, -0.15) is 9.97 Å². The minimum absolute atomic E-state index is 0.0381. The topological polar surface area (TPSA) is 83.9 Å². The molecule has 0 aromatic carbocycles. The number of pyridine rings is 1. The first-order chi connectivity index (χ1) is 19.0. The van der Waals surface area contributed by atoms with Crippen molar-refractivity contribution in [2.45, 2.75) is 95.6 Å². The van der Waals surface area contributed by atoms with E-state index in [-0.39, 0.29) is 47.0 Å². The molecule has 0 spiro atoms.